The van der Waals surface area contributed by atoms with Crippen LogP contribution < -0.4 is 68.2 Å². The van der Waals surface area contributed by atoms with Gasteiger partial charge in [0.2, 0.25) is 53.4 Å². The van der Waals surface area contributed by atoms with Crippen LogP contribution in [0.3, 0.4) is 0 Å². The number of aliphatic hydroxyl groups excluding tert-OH is 8. The summed E-state index contributed by atoms with van der Waals surface area (Å²) in [7, 11) is 1.46. The Bertz CT molecular complexity index is 5260. The first-order valence-corrected chi connectivity index (χ1v) is 41.0. The van der Waals surface area contributed by atoms with E-state index in [1.807, 2.05) is 18.2 Å². The van der Waals surface area contributed by atoms with E-state index in [4.69, 9.17) is 84.2 Å². The van der Waals surface area contributed by atoms with Crippen molar-refractivity contribution in [1.82, 2.24) is 47.5 Å². The lowest BCUT2D eigenvalue weighted by Gasteiger charge is -2.46. The Hall–Kier alpha value is -10.7. The van der Waals surface area contributed by atoms with E-state index in [1.165, 1.54) is 33.0 Å². The highest BCUT2D eigenvalue weighted by Gasteiger charge is 2.53. The number of phenols is 3. The monoisotopic (exact) mass is 1810 g/mol. The van der Waals surface area contributed by atoms with E-state index in [0.29, 0.717) is 10.7 Å². The topological polar surface area (TPSA) is 614 Å². The molecule has 39 nitrogen and oxygen atoms in total. The van der Waals surface area contributed by atoms with Crippen LogP contribution in [-0.2, 0) is 68.6 Å². The van der Waals surface area contributed by atoms with Crippen molar-refractivity contribution < 1.29 is 138 Å². The molecule has 674 valence electrons. The number of nitrogens with zero attached hydrogens (tertiary/aromatic N) is 1. The van der Waals surface area contributed by atoms with Crippen molar-refractivity contribution in [2.75, 3.05) is 20.2 Å². The SMILES string of the molecule is CN[C@H](CC(C)C)C(=O)NC1C(=O)N[C@@H](CC(N)=O)C(=O)N[C@H]2C(=O)N[C@H]3C(=O)N[C@H](C(=O)NC(C(=O)O)c4cc(O)cc(O)c4-c4cc3ccc4O)[C@H](O[C@H]3C[C@](C)(N)[C@@H](O)[C@H](C)O3)c3ccc(c(Cl)c3)Oc3cc2cc(c3O[C@@H]2O[C@H](CO)[C@@H](O[C@@H]3O[C@H](CNCc4ccc(-c5ccc(Cl)cc5)cn4)[C@H](O)[C@H](O)[C@H]3O)[C@H](O)[C@H]2O)Oc2ccc(cc2Cl)[C@H]1O. The average Bonchev–Trinajstić information content (AvgIpc) is 0.761. The minimum Gasteiger partial charge on any atom is -0.508 e. The molecule has 9 heterocycles. The fourth-order valence-corrected chi connectivity index (χ4v) is 16.3. The van der Waals surface area contributed by atoms with Gasteiger partial charge in [0.05, 0.1) is 47.0 Å². The number of rotatable bonds is 20. The Morgan fingerprint density at radius 3 is 1.90 bits per heavy atom. The Morgan fingerprint density at radius 1 is 0.651 bits per heavy atom. The van der Waals surface area contributed by atoms with Crippen LogP contribution in [0.5, 0.6) is 46.0 Å². The first-order chi connectivity index (χ1) is 59.8. The molecule has 7 amide bonds. The van der Waals surface area contributed by atoms with Crippen molar-refractivity contribution in [3.05, 3.63) is 170 Å². The van der Waals surface area contributed by atoms with Gasteiger partial charge in [-0.05, 0) is 134 Å². The van der Waals surface area contributed by atoms with Gasteiger partial charge >= 0.3 is 5.97 Å². The predicted octanol–water partition coefficient (Wildman–Crippen LogP) is 1.44. The van der Waals surface area contributed by atoms with E-state index in [0.717, 1.165) is 77.9 Å². The van der Waals surface area contributed by atoms with Crippen molar-refractivity contribution in [1.29, 1.82) is 0 Å². The summed E-state index contributed by atoms with van der Waals surface area (Å²) in [4.78, 5) is 125. The van der Waals surface area contributed by atoms with Gasteiger partial charge in [0, 0.05) is 64.6 Å². The Labute approximate surface area is 732 Å². The van der Waals surface area contributed by atoms with Gasteiger partial charge < -0.3 is 153 Å². The van der Waals surface area contributed by atoms with Crippen LogP contribution in [0.15, 0.2) is 121 Å². The van der Waals surface area contributed by atoms with Crippen LogP contribution in [0.4, 0.5) is 0 Å². The molecule has 23 atom stereocenters. The zero-order valence-corrected chi connectivity index (χ0v) is 70.0. The smallest absolute Gasteiger partial charge is 0.330 e. The molecule has 15 rings (SSSR count). The molecule has 0 aliphatic carbocycles. The third kappa shape index (κ3) is 20.3. The summed E-state index contributed by atoms with van der Waals surface area (Å²) in [6.45, 7) is 5.29. The first-order valence-electron chi connectivity index (χ1n) is 39.8. The van der Waals surface area contributed by atoms with E-state index in [1.54, 1.807) is 38.2 Å². The molecule has 11 bridgehead atoms. The molecule has 3 fully saturated rings. The number of halogens is 3. The molecular formula is C84H94Cl3N11O28. The molecular weight excluding hydrogens is 1720 g/mol. The van der Waals surface area contributed by atoms with Gasteiger partial charge in [0.1, 0.15) is 120 Å². The van der Waals surface area contributed by atoms with E-state index >= 15 is 24.0 Å². The van der Waals surface area contributed by atoms with Gasteiger partial charge in [0.25, 0.3) is 0 Å². The lowest BCUT2D eigenvalue weighted by Crippen LogP contribution is -2.65. The van der Waals surface area contributed by atoms with E-state index in [-0.39, 0.29) is 43.0 Å². The molecule has 24 N–H and O–H groups in total. The van der Waals surface area contributed by atoms with E-state index in [9.17, 15) is 75.7 Å². The summed E-state index contributed by atoms with van der Waals surface area (Å²) < 4.78 is 51.2. The van der Waals surface area contributed by atoms with Crippen LogP contribution in [0.1, 0.15) is 111 Å². The fourth-order valence-electron chi connectivity index (χ4n) is 15.7. The third-order valence-electron chi connectivity index (χ3n) is 22.3. The maximum atomic E-state index is 16.4. The number of carboxylic acids is 1. The van der Waals surface area contributed by atoms with Crippen LogP contribution in [0, 0.1) is 5.92 Å². The number of fused-ring (bicyclic) bond motifs is 15. The van der Waals surface area contributed by atoms with Gasteiger partial charge in [-0.1, -0.05) is 85.0 Å². The van der Waals surface area contributed by atoms with E-state index < -0.39 is 284 Å². The van der Waals surface area contributed by atoms with Crippen molar-refractivity contribution in [3.63, 3.8) is 0 Å². The molecule has 0 saturated carbocycles. The van der Waals surface area contributed by atoms with Gasteiger partial charge in [-0.2, -0.15) is 0 Å². The molecule has 0 spiro atoms. The quantitative estimate of drug-likeness (QED) is 0.0513. The average molecular weight is 1810 g/mol. The van der Waals surface area contributed by atoms with Crippen LogP contribution in [0.2, 0.25) is 15.1 Å². The number of amides is 7. The number of nitrogens with two attached hydrogens (primary N) is 2. The summed E-state index contributed by atoms with van der Waals surface area (Å²) in [5, 5.41) is 160. The Balaban J connectivity index is 0.962. The van der Waals surface area contributed by atoms with Crippen molar-refractivity contribution in [2.24, 2.45) is 17.4 Å². The Kier molecular flexibility index (Phi) is 28.6. The summed E-state index contributed by atoms with van der Waals surface area (Å²) in [5.74, 6) is -16.7. The number of hydrogen-bond acceptors (Lipinski definition) is 31. The fraction of sp³-hybridized carbons (Fsp3) is 0.417. The number of ether oxygens (including phenoxy) is 8. The number of phenolic OH excluding ortho intramolecular Hbond substituents is 3. The highest BCUT2D eigenvalue weighted by atomic mass is 35.5. The second-order valence-electron chi connectivity index (χ2n) is 32.0. The summed E-state index contributed by atoms with van der Waals surface area (Å²) in [5.41, 5.74) is 10.2. The molecule has 7 aromatic rings. The zero-order chi connectivity index (χ0) is 90.9. The maximum Gasteiger partial charge on any atom is 0.330 e. The normalized spacial score (nSPS) is 29.6. The Morgan fingerprint density at radius 2 is 1.28 bits per heavy atom. The summed E-state index contributed by atoms with van der Waals surface area (Å²) in [6.07, 6.45) is -27.6. The van der Waals surface area contributed by atoms with Gasteiger partial charge in [-0.25, -0.2) is 4.79 Å². The number of likely N-dealkylation sites (N-methyl/N-ethyl adjacent to an activating group) is 1. The number of aliphatic carboxylic acids is 1. The number of aromatic nitrogens is 1. The van der Waals surface area contributed by atoms with Crippen LogP contribution in [0.25, 0.3) is 22.3 Å². The van der Waals surface area contributed by atoms with Crippen LogP contribution >= 0.6 is 34.8 Å². The number of benzene rings is 6. The number of carbonyl (C=O) groups excluding carboxylic acids is 7. The number of nitrogens with one attached hydrogen (secondary N) is 8. The third-order valence-corrected chi connectivity index (χ3v) is 23.2. The molecule has 3 saturated heterocycles. The molecule has 0 radical (unpaired) electrons. The van der Waals surface area contributed by atoms with Gasteiger partial charge in [0.15, 0.2) is 30.1 Å². The lowest BCUT2D eigenvalue weighted by atomic mass is 9.86. The highest BCUT2D eigenvalue weighted by Crippen LogP contribution is 2.50. The largest absolute Gasteiger partial charge is 0.508 e. The standard InChI is InChI=1S/C84H94Cl3N11O28/c1-32(2)18-47(90-5)75(111)97-63-65(104)36-10-16-51(45(86)20-36)120-53-22-39-23-54(72(53)125-83-70(109)68(107)73(56(31-99)123-83)126-82-69(108)67(106)66(105)55(122-82)30-91-29-41-14-8-38(28-92-41)34-6-12-40(85)13-7-34)121-52-17-11-37(21-46(52)87)71(124-58-27-84(4,89)74(110)33(3)119-58)64-80(116)96-62(81(117)118)44-24-42(100)25-50(102)59(44)43-19-35(9-15-49(43)101)60(77(113)98-64)95-78(114)61(39)94-76(112)48(26-57(88)103)93-79(63)115/h6-17,19-25,28,32-33,47-48,55-56,58,60-71,73-74,82-83,90-91,99-102,104-110H,18,26-27,29-31,89H2,1-5H3,(H2,88,103)(H,93,115)(H,94,112)(H,95,114)(H,96,116)(H,97,111)(H,98,113)(H,117,118)/t33-,47+,48-,55+,56+,58-,60+,61+,62?,63?,64-,65+,66-,67-,68+,69+,70+,71+,73+,74-,82-,83-,84-/m0/s1. The minimum atomic E-state index is -2.43. The molecule has 126 heavy (non-hydrogen) atoms. The van der Waals surface area contributed by atoms with E-state index in [2.05, 4.69) is 47.5 Å². The number of aromatic hydroxyl groups is 3. The van der Waals surface area contributed by atoms with Crippen molar-refractivity contribution in [3.8, 4) is 68.2 Å². The second-order valence-corrected chi connectivity index (χ2v) is 33.3. The number of aliphatic hydroxyl groups is 8. The predicted molar refractivity (Wildman–Crippen MR) is 441 cm³/mol. The molecule has 2 unspecified atom stereocenters. The molecule has 42 heteroatoms. The molecule has 6 aromatic carbocycles. The highest BCUT2D eigenvalue weighted by molar-refractivity contribution is 6.32. The summed E-state index contributed by atoms with van der Waals surface area (Å²) in [6, 6.07) is 9.62. The summed E-state index contributed by atoms with van der Waals surface area (Å²) >= 11 is 20.6. The van der Waals surface area contributed by atoms with Crippen molar-refractivity contribution >= 4 is 82.1 Å². The number of primary amides is 1. The lowest BCUT2D eigenvalue weighted by molar-refractivity contribution is -0.350. The number of carboxylic acid groups (broad SMARTS) is 1. The van der Waals surface area contributed by atoms with Crippen molar-refractivity contribution in [2.45, 2.75) is 193 Å². The number of hydrogen-bond donors (Lipinski definition) is 22. The molecule has 8 aliphatic heterocycles. The first kappa shape index (κ1) is 92.9. The molecule has 1 aromatic heterocycles. The zero-order valence-electron chi connectivity index (χ0n) is 67.7. The van der Waals surface area contributed by atoms with Crippen LogP contribution in [-0.4, -0.2) is 243 Å². The maximum absolute atomic E-state index is 16.4. The molecule has 8 aliphatic rings. The second kappa shape index (κ2) is 38.8. The van der Waals surface area contributed by atoms with Gasteiger partial charge in [-0.3, -0.25) is 38.5 Å². The number of carbonyl (C=O) groups is 8. The minimum absolute atomic E-state index is 0.0985. The number of pyridine rings is 1. The van der Waals surface area contributed by atoms with Gasteiger partial charge in [-0.15, -0.1) is 0 Å².